The first-order valence-electron chi connectivity index (χ1n) is 1.71. The van der Waals surface area contributed by atoms with E-state index in [1.165, 1.54) is 21.6 Å². The summed E-state index contributed by atoms with van der Waals surface area (Å²) < 4.78 is 0. The molecule has 0 aromatic carbocycles. The maximum atomic E-state index is 7.13. The van der Waals surface area contributed by atoms with Crippen LogP contribution in [0.3, 0.4) is 0 Å². The minimum Gasteiger partial charge on any atom is -0.696 e. The fraction of sp³-hybridized carbons (Fsp3) is 0. The van der Waals surface area contributed by atoms with Gasteiger partial charge in [0.2, 0.25) is 0 Å². The monoisotopic (exact) mass is 434 g/mol. The molecule has 0 aliphatic carbocycles. The molecular formula is C4HgN4S4-2. The Balaban J connectivity index is -0.0000000213. The van der Waals surface area contributed by atoms with Gasteiger partial charge in [-0.3, -0.25) is 0 Å². The van der Waals surface area contributed by atoms with Gasteiger partial charge in [-0.1, -0.05) is 21.6 Å². The standard InChI is InChI=1S/4CHNS.Hg/c4*2-1-3;/h4*3H;/q;;;;+2/p-4. The van der Waals surface area contributed by atoms with Crippen molar-refractivity contribution >= 4 is 50.5 Å². The van der Waals surface area contributed by atoms with Gasteiger partial charge in [0, 0.05) is 0 Å². The third-order valence-electron chi connectivity index (χ3n) is 0. The molecule has 0 N–H and O–H groups in total. The van der Waals surface area contributed by atoms with Crippen LogP contribution in [0, 0.1) is 42.7 Å². The molecule has 0 spiro atoms. The van der Waals surface area contributed by atoms with Gasteiger partial charge in [-0.25, -0.2) is 21.0 Å². The second kappa shape index (κ2) is 95.9. The second-order valence-electron chi connectivity index (χ2n) is 0.365. The van der Waals surface area contributed by atoms with Crippen LogP contribution in [0.2, 0.25) is 0 Å². The Hall–Kier alpha value is -0.225. The van der Waals surface area contributed by atoms with Crippen molar-refractivity contribution in [1.29, 1.82) is 21.0 Å². The quantitative estimate of drug-likeness (QED) is 0.301. The van der Waals surface area contributed by atoms with Gasteiger partial charge in [0.15, 0.2) is 0 Å². The Kier molecular flexibility index (Phi) is 216. The van der Waals surface area contributed by atoms with Crippen LogP contribution >= 0.6 is 0 Å². The number of nitrogens with zero attached hydrogens (tertiary/aromatic N) is 4. The number of nitriles is 4. The van der Waals surface area contributed by atoms with E-state index < -0.39 is 0 Å². The Morgan fingerprint density at radius 3 is 0.538 bits per heavy atom. The molecule has 0 fully saturated rings. The van der Waals surface area contributed by atoms with Crippen LogP contribution in [0.25, 0.3) is 0 Å². The maximum absolute atomic E-state index is 7.13. The largest absolute Gasteiger partial charge is 2.00 e. The van der Waals surface area contributed by atoms with Gasteiger partial charge >= 0.3 is 27.7 Å². The van der Waals surface area contributed by atoms with Crippen LogP contribution in [-0.2, 0) is 78.2 Å². The molecule has 0 rings (SSSR count). The molecule has 0 radical (unpaired) electrons. The zero-order valence-corrected chi connectivity index (χ0v) is 14.9. The molecule has 0 aromatic rings. The van der Waals surface area contributed by atoms with E-state index in [0.29, 0.717) is 0 Å². The molecule has 0 aromatic heterocycles. The Morgan fingerprint density at radius 1 is 0.538 bits per heavy atom. The van der Waals surface area contributed by atoms with Crippen LogP contribution in [0.5, 0.6) is 0 Å². The predicted octanol–water partition coefficient (Wildman–Crippen LogP) is 0.0550. The van der Waals surface area contributed by atoms with Gasteiger partial charge in [0.05, 0.1) is 0 Å². The maximum Gasteiger partial charge on any atom is 2.00 e. The smallest absolute Gasteiger partial charge is 0.696 e. The number of hydrogen-bond donors (Lipinski definition) is 0. The van der Waals surface area contributed by atoms with Gasteiger partial charge < -0.3 is 50.5 Å². The van der Waals surface area contributed by atoms with Crippen molar-refractivity contribution in [1.82, 2.24) is 0 Å². The van der Waals surface area contributed by atoms with Gasteiger partial charge in [-0.2, -0.15) is 0 Å². The molecule has 0 bridgehead atoms. The molecule has 9 heteroatoms. The van der Waals surface area contributed by atoms with E-state index in [2.05, 4.69) is 50.5 Å². The van der Waals surface area contributed by atoms with E-state index >= 15 is 0 Å². The molecule has 64 valence electrons. The average Bonchev–Trinajstić information content (AvgIpc) is 1.92. The van der Waals surface area contributed by atoms with E-state index in [9.17, 15) is 0 Å². The van der Waals surface area contributed by atoms with Crippen molar-refractivity contribution < 1.29 is 27.7 Å². The van der Waals surface area contributed by atoms with Crippen molar-refractivity contribution in [3.05, 3.63) is 0 Å². The van der Waals surface area contributed by atoms with Crippen LogP contribution in [0.15, 0.2) is 0 Å². The molecule has 0 aliphatic rings. The summed E-state index contributed by atoms with van der Waals surface area (Å²) in [6, 6.07) is 0. The average molecular weight is 433 g/mol. The minimum absolute atomic E-state index is 0. The summed E-state index contributed by atoms with van der Waals surface area (Å²) in [4.78, 5) is 0. The number of thiocyanates is 4. The van der Waals surface area contributed by atoms with Crippen molar-refractivity contribution in [3.8, 4) is 21.6 Å². The molecule has 0 saturated heterocycles. The molecule has 0 saturated carbocycles. The summed E-state index contributed by atoms with van der Waals surface area (Å²) >= 11 is 14.8. The first kappa shape index (κ1) is 29.3. The molecule has 0 atom stereocenters. The van der Waals surface area contributed by atoms with Crippen molar-refractivity contribution in [2.75, 3.05) is 0 Å². The molecule has 0 amide bonds. The van der Waals surface area contributed by atoms with Gasteiger partial charge in [0.25, 0.3) is 0 Å². The van der Waals surface area contributed by atoms with Crippen molar-refractivity contribution in [3.63, 3.8) is 0 Å². The topological polar surface area (TPSA) is 95.2 Å². The molecule has 0 heterocycles. The van der Waals surface area contributed by atoms with Crippen LogP contribution in [0.1, 0.15) is 0 Å². The van der Waals surface area contributed by atoms with Gasteiger partial charge in [0.1, 0.15) is 0 Å². The van der Waals surface area contributed by atoms with Crippen LogP contribution in [0.4, 0.5) is 0 Å². The van der Waals surface area contributed by atoms with Crippen molar-refractivity contribution in [2.24, 2.45) is 0 Å². The fourth-order valence-corrected chi connectivity index (χ4v) is 0. The van der Waals surface area contributed by atoms with E-state index in [1.807, 2.05) is 0 Å². The number of hydrogen-bond acceptors (Lipinski definition) is 8. The van der Waals surface area contributed by atoms with E-state index in [0.717, 1.165) is 0 Å². The molecule has 0 aliphatic heterocycles. The van der Waals surface area contributed by atoms with E-state index in [4.69, 9.17) is 21.0 Å². The summed E-state index contributed by atoms with van der Waals surface area (Å²) in [7, 11) is 0. The van der Waals surface area contributed by atoms with E-state index in [-0.39, 0.29) is 27.7 Å². The Labute approximate surface area is 120 Å². The SMILES string of the molecule is N#C[S-].N#C[S-].N#C[S-].N#C[S-].[Hg+2]. The zero-order valence-electron chi connectivity index (χ0n) is 6.13. The molecular weight excluding hydrogens is 433 g/mol. The van der Waals surface area contributed by atoms with Crippen LogP contribution < -0.4 is 0 Å². The number of rotatable bonds is 0. The third kappa shape index (κ3) is 22200. The summed E-state index contributed by atoms with van der Waals surface area (Å²) in [5, 5.41) is 33.9. The second-order valence-corrected chi connectivity index (χ2v) is 1.10. The molecule has 0 unspecified atom stereocenters. The molecule has 4 nitrogen and oxygen atoms in total. The fourth-order valence-electron chi connectivity index (χ4n) is 0. The molecule has 13 heavy (non-hydrogen) atoms. The Morgan fingerprint density at radius 2 is 0.538 bits per heavy atom. The van der Waals surface area contributed by atoms with Gasteiger partial charge in [-0.05, 0) is 0 Å². The summed E-state index contributed by atoms with van der Waals surface area (Å²) in [5.74, 6) is 0. The first-order chi connectivity index (χ1) is 5.66. The third-order valence-corrected chi connectivity index (χ3v) is 0. The normalized spacial score (nSPS) is 2.15. The van der Waals surface area contributed by atoms with Crippen molar-refractivity contribution in [2.45, 2.75) is 0 Å². The van der Waals surface area contributed by atoms with E-state index in [1.54, 1.807) is 0 Å². The summed E-state index contributed by atoms with van der Waals surface area (Å²) in [6.45, 7) is 0. The first-order valence-corrected chi connectivity index (χ1v) is 3.34. The zero-order chi connectivity index (χ0) is 10.8. The summed E-state index contributed by atoms with van der Waals surface area (Å²) in [6.07, 6.45) is 0. The predicted molar refractivity (Wildman–Crippen MR) is 51.9 cm³/mol. The van der Waals surface area contributed by atoms with Gasteiger partial charge in [-0.15, -0.1) is 0 Å². The Bertz CT molecular complexity index is 158. The van der Waals surface area contributed by atoms with Crippen LogP contribution in [-0.4, -0.2) is 0 Å². The summed E-state index contributed by atoms with van der Waals surface area (Å²) in [5.41, 5.74) is 0. The minimum atomic E-state index is 0.